The molecule has 2 heterocycles. The highest BCUT2D eigenvalue weighted by Gasteiger charge is 2.30. The van der Waals surface area contributed by atoms with Crippen molar-refractivity contribution in [2.75, 3.05) is 19.6 Å². The Morgan fingerprint density at radius 3 is 2.72 bits per heavy atom. The third-order valence-corrected chi connectivity index (χ3v) is 3.99. The van der Waals surface area contributed by atoms with E-state index in [0.29, 0.717) is 5.91 Å². The Hall–Kier alpha value is -0.280. The number of nitrogens with one attached hydrogen (secondary N) is 1. The van der Waals surface area contributed by atoms with Crippen molar-refractivity contribution in [3.05, 3.63) is 0 Å². The zero-order chi connectivity index (χ0) is 12.3. The molecule has 3 nitrogen and oxygen atoms in total. The minimum Gasteiger partial charge on any atom is -0.341 e. The van der Waals surface area contributed by atoms with E-state index in [1.54, 1.807) is 0 Å². The van der Waals surface area contributed by atoms with Crippen LogP contribution in [0, 0.1) is 11.8 Å². The van der Waals surface area contributed by atoms with Crippen molar-refractivity contribution in [2.24, 2.45) is 11.8 Å². The number of hydrogen-bond acceptors (Lipinski definition) is 2. The van der Waals surface area contributed by atoms with Gasteiger partial charge in [0.05, 0.1) is 6.04 Å². The first-order chi connectivity index (χ1) is 8.16. The summed E-state index contributed by atoms with van der Waals surface area (Å²) in [5, 5.41) is 3.32. The Morgan fingerprint density at radius 1 is 1.33 bits per heavy atom. The van der Waals surface area contributed by atoms with Crippen LogP contribution in [-0.2, 0) is 4.79 Å². The number of rotatable bonds is 3. The van der Waals surface area contributed by atoms with Crippen LogP contribution in [0.3, 0.4) is 0 Å². The van der Waals surface area contributed by atoms with E-state index in [4.69, 9.17) is 0 Å². The molecule has 2 atom stereocenters. The van der Waals surface area contributed by atoms with Gasteiger partial charge in [-0.25, -0.2) is 0 Å². The van der Waals surface area contributed by atoms with Crippen LogP contribution in [0.1, 0.15) is 46.0 Å². The van der Waals surface area contributed by atoms with Crippen molar-refractivity contribution in [3.8, 4) is 0 Å². The molecule has 2 saturated heterocycles. The first-order valence-corrected chi connectivity index (χ1v) is 7.19. The van der Waals surface area contributed by atoms with Crippen molar-refractivity contribution in [3.63, 3.8) is 0 Å². The number of piperidine rings is 1. The van der Waals surface area contributed by atoms with Gasteiger partial charge in [-0.2, -0.15) is 0 Å². The first-order valence-electron chi connectivity index (χ1n) is 7.19. The van der Waals surface area contributed by atoms with Crippen LogP contribution in [-0.4, -0.2) is 36.5 Å². The van der Waals surface area contributed by atoms with Crippen LogP contribution in [0.4, 0.5) is 0 Å². The fraction of sp³-hybridized carbons (Fsp3) is 0.929. The van der Waals surface area contributed by atoms with Gasteiger partial charge in [0.1, 0.15) is 0 Å². The third kappa shape index (κ3) is 4.13. The first kappa shape index (κ1) is 15.8. The molecule has 2 fully saturated rings. The lowest BCUT2D eigenvalue weighted by Gasteiger charge is -2.35. The van der Waals surface area contributed by atoms with E-state index >= 15 is 0 Å². The summed E-state index contributed by atoms with van der Waals surface area (Å²) >= 11 is 0. The standard InChI is InChI=1S/C14H26N2O.ClH/c1-11(2)9-12-5-4-8-16(10-12)14(17)13-6-3-7-15-13;/h11-13,15H,3-10H2,1-2H3;1H. The Kier molecular flexibility index (Phi) is 6.44. The van der Waals surface area contributed by atoms with E-state index in [1.807, 2.05) is 0 Å². The SMILES string of the molecule is CC(C)CC1CCCN(C(=O)C2CCCN2)C1.Cl. The quantitative estimate of drug-likeness (QED) is 0.857. The summed E-state index contributed by atoms with van der Waals surface area (Å²) in [6.07, 6.45) is 5.95. The van der Waals surface area contributed by atoms with Crippen LogP contribution >= 0.6 is 12.4 Å². The summed E-state index contributed by atoms with van der Waals surface area (Å²) in [5.74, 6) is 1.84. The Bertz CT molecular complexity index is 265. The fourth-order valence-corrected chi connectivity index (χ4v) is 3.24. The molecule has 4 heteroatoms. The molecule has 2 rings (SSSR count). The summed E-state index contributed by atoms with van der Waals surface area (Å²) in [6.45, 7) is 7.54. The largest absolute Gasteiger partial charge is 0.341 e. The molecule has 0 saturated carbocycles. The maximum atomic E-state index is 12.3. The van der Waals surface area contributed by atoms with Gasteiger partial charge in [-0.1, -0.05) is 13.8 Å². The molecule has 0 aromatic heterocycles. The molecule has 2 aliphatic heterocycles. The van der Waals surface area contributed by atoms with Gasteiger partial charge in [0.15, 0.2) is 0 Å². The molecule has 0 aromatic rings. The van der Waals surface area contributed by atoms with E-state index in [2.05, 4.69) is 24.1 Å². The topological polar surface area (TPSA) is 32.3 Å². The van der Waals surface area contributed by atoms with Gasteiger partial charge >= 0.3 is 0 Å². The van der Waals surface area contributed by atoms with Crippen LogP contribution in [0.15, 0.2) is 0 Å². The predicted molar refractivity (Wildman–Crippen MR) is 77.0 cm³/mol. The van der Waals surface area contributed by atoms with Gasteiger partial charge in [0, 0.05) is 13.1 Å². The Labute approximate surface area is 117 Å². The van der Waals surface area contributed by atoms with Crippen LogP contribution in [0.5, 0.6) is 0 Å². The fourth-order valence-electron chi connectivity index (χ4n) is 3.24. The van der Waals surface area contributed by atoms with E-state index < -0.39 is 0 Å². The number of carbonyl (C=O) groups is 1. The molecule has 0 aliphatic carbocycles. The third-order valence-electron chi connectivity index (χ3n) is 3.99. The van der Waals surface area contributed by atoms with Gasteiger partial charge in [-0.05, 0) is 50.5 Å². The number of nitrogens with zero attached hydrogens (tertiary/aromatic N) is 1. The summed E-state index contributed by atoms with van der Waals surface area (Å²) < 4.78 is 0. The van der Waals surface area contributed by atoms with Crippen LogP contribution < -0.4 is 5.32 Å². The molecule has 106 valence electrons. The summed E-state index contributed by atoms with van der Waals surface area (Å²) in [7, 11) is 0. The van der Waals surface area contributed by atoms with Gasteiger partial charge in [-0.15, -0.1) is 12.4 Å². The zero-order valence-corrected chi connectivity index (χ0v) is 12.5. The molecule has 1 N–H and O–H groups in total. The molecule has 2 aliphatic rings. The average Bonchev–Trinajstić information content (AvgIpc) is 2.81. The minimum atomic E-state index is 0. The smallest absolute Gasteiger partial charge is 0.239 e. The monoisotopic (exact) mass is 274 g/mol. The number of amides is 1. The Morgan fingerprint density at radius 2 is 2.11 bits per heavy atom. The highest BCUT2D eigenvalue weighted by Crippen LogP contribution is 2.24. The molecule has 1 amide bonds. The lowest BCUT2D eigenvalue weighted by Crippen LogP contribution is -2.48. The van der Waals surface area contributed by atoms with Crippen molar-refractivity contribution in [1.29, 1.82) is 0 Å². The molecule has 2 unspecified atom stereocenters. The lowest BCUT2D eigenvalue weighted by molar-refractivity contribution is -0.135. The molecule has 18 heavy (non-hydrogen) atoms. The number of likely N-dealkylation sites (tertiary alicyclic amines) is 1. The van der Waals surface area contributed by atoms with Gasteiger partial charge in [-0.3, -0.25) is 4.79 Å². The van der Waals surface area contributed by atoms with Gasteiger partial charge in [0.2, 0.25) is 5.91 Å². The molecular formula is C14H27ClN2O. The summed E-state index contributed by atoms with van der Waals surface area (Å²) in [5.41, 5.74) is 0. The molecule has 0 radical (unpaired) electrons. The predicted octanol–water partition coefficient (Wildman–Crippen LogP) is 2.44. The van der Waals surface area contributed by atoms with E-state index in [-0.39, 0.29) is 18.4 Å². The van der Waals surface area contributed by atoms with Crippen molar-refractivity contribution >= 4 is 18.3 Å². The second-order valence-corrected chi connectivity index (χ2v) is 6.07. The van der Waals surface area contributed by atoms with Crippen LogP contribution in [0.2, 0.25) is 0 Å². The van der Waals surface area contributed by atoms with Crippen molar-refractivity contribution in [1.82, 2.24) is 10.2 Å². The van der Waals surface area contributed by atoms with Gasteiger partial charge in [0.25, 0.3) is 0 Å². The molecule has 0 aromatic carbocycles. The summed E-state index contributed by atoms with van der Waals surface area (Å²) in [4.78, 5) is 14.4. The molecule has 0 spiro atoms. The van der Waals surface area contributed by atoms with E-state index in [9.17, 15) is 4.79 Å². The Balaban J connectivity index is 0.00000162. The summed E-state index contributed by atoms with van der Waals surface area (Å²) in [6, 6.07) is 0.118. The van der Waals surface area contributed by atoms with Crippen LogP contribution in [0.25, 0.3) is 0 Å². The highest BCUT2D eigenvalue weighted by atomic mass is 35.5. The molecular weight excluding hydrogens is 248 g/mol. The number of carbonyl (C=O) groups excluding carboxylic acids is 1. The maximum absolute atomic E-state index is 12.3. The number of hydrogen-bond donors (Lipinski definition) is 1. The maximum Gasteiger partial charge on any atom is 0.239 e. The highest BCUT2D eigenvalue weighted by molar-refractivity contribution is 5.85. The lowest BCUT2D eigenvalue weighted by atomic mass is 9.89. The van der Waals surface area contributed by atoms with E-state index in [1.165, 1.54) is 19.3 Å². The second kappa shape index (κ2) is 7.34. The average molecular weight is 275 g/mol. The second-order valence-electron chi connectivity index (χ2n) is 6.07. The van der Waals surface area contributed by atoms with Crippen molar-refractivity contribution in [2.45, 2.75) is 52.0 Å². The normalized spacial score (nSPS) is 28.3. The van der Waals surface area contributed by atoms with Gasteiger partial charge < -0.3 is 10.2 Å². The zero-order valence-electron chi connectivity index (χ0n) is 11.7. The van der Waals surface area contributed by atoms with Crippen molar-refractivity contribution < 1.29 is 4.79 Å². The minimum absolute atomic E-state index is 0. The number of halogens is 1. The molecule has 0 bridgehead atoms. The van der Waals surface area contributed by atoms with E-state index in [0.717, 1.165) is 44.3 Å².